The molecule has 1 heterocycles. The summed E-state index contributed by atoms with van der Waals surface area (Å²) < 4.78 is 1.99. The minimum absolute atomic E-state index is 0.0820. The van der Waals surface area contributed by atoms with Gasteiger partial charge in [-0.25, -0.2) is 4.98 Å². The van der Waals surface area contributed by atoms with Gasteiger partial charge in [-0.3, -0.25) is 0 Å². The highest BCUT2D eigenvalue weighted by Crippen LogP contribution is 2.23. The highest BCUT2D eigenvalue weighted by atomic mass is 16.3. The van der Waals surface area contributed by atoms with Gasteiger partial charge in [0.05, 0.1) is 23.5 Å². The Morgan fingerprint density at radius 1 is 1.35 bits per heavy atom. The fraction of sp³-hybridized carbons (Fsp3) is 0.562. The largest absolute Gasteiger partial charge is 0.387 e. The van der Waals surface area contributed by atoms with Crippen molar-refractivity contribution in [1.29, 1.82) is 0 Å². The van der Waals surface area contributed by atoms with E-state index in [1.807, 2.05) is 29.8 Å². The summed E-state index contributed by atoms with van der Waals surface area (Å²) in [6.07, 6.45) is 2.20. The summed E-state index contributed by atoms with van der Waals surface area (Å²) in [5.41, 5.74) is 2.95. The molecular weight excluding hydrogens is 250 g/mol. The van der Waals surface area contributed by atoms with Crippen LogP contribution in [0.1, 0.15) is 38.9 Å². The molecule has 2 unspecified atom stereocenters. The van der Waals surface area contributed by atoms with E-state index in [2.05, 4.69) is 31.1 Å². The Morgan fingerprint density at radius 3 is 2.75 bits per heavy atom. The van der Waals surface area contributed by atoms with Gasteiger partial charge in [0, 0.05) is 13.1 Å². The van der Waals surface area contributed by atoms with Crippen molar-refractivity contribution in [2.24, 2.45) is 13.0 Å². The van der Waals surface area contributed by atoms with Crippen molar-refractivity contribution in [2.75, 3.05) is 6.54 Å². The lowest BCUT2D eigenvalue weighted by molar-refractivity contribution is 0.124. The number of hydrogen-bond donors (Lipinski definition) is 2. The Bertz CT molecular complexity index is 562. The van der Waals surface area contributed by atoms with Crippen LogP contribution in [0.4, 0.5) is 0 Å². The van der Waals surface area contributed by atoms with E-state index in [0.29, 0.717) is 5.92 Å². The molecule has 2 N–H and O–H groups in total. The van der Waals surface area contributed by atoms with Gasteiger partial charge in [-0.1, -0.05) is 26.8 Å². The van der Waals surface area contributed by atoms with E-state index < -0.39 is 6.10 Å². The molecule has 0 amide bonds. The molecule has 0 aliphatic carbocycles. The maximum Gasteiger partial charge on any atom is 0.0955 e. The average molecular weight is 275 g/mol. The second-order valence-electron chi connectivity index (χ2n) is 5.87. The van der Waals surface area contributed by atoms with Gasteiger partial charge in [0.25, 0.3) is 0 Å². The van der Waals surface area contributed by atoms with Crippen LogP contribution in [0.5, 0.6) is 0 Å². The van der Waals surface area contributed by atoms with Crippen molar-refractivity contribution in [2.45, 2.75) is 39.3 Å². The molecule has 0 aliphatic heterocycles. The van der Waals surface area contributed by atoms with Crippen LogP contribution < -0.4 is 5.32 Å². The molecule has 4 nitrogen and oxygen atoms in total. The summed E-state index contributed by atoms with van der Waals surface area (Å²) >= 11 is 0. The van der Waals surface area contributed by atoms with E-state index in [-0.39, 0.29) is 6.04 Å². The summed E-state index contributed by atoms with van der Waals surface area (Å²) in [6, 6.07) is 6.09. The minimum atomic E-state index is -0.495. The first-order valence-corrected chi connectivity index (χ1v) is 7.35. The maximum atomic E-state index is 10.6. The molecule has 0 fully saturated rings. The minimum Gasteiger partial charge on any atom is -0.387 e. The number of aliphatic hydroxyl groups excluding tert-OH is 1. The number of aromatic nitrogens is 2. The molecule has 20 heavy (non-hydrogen) atoms. The third kappa shape index (κ3) is 3.19. The first-order valence-electron chi connectivity index (χ1n) is 7.35. The lowest BCUT2D eigenvalue weighted by Crippen LogP contribution is -2.36. The van der Waals surface area contributed by atoms with E-state index >= 15 is 0 Å². The zero-order valence-electron chi connectivity index (χ0n) is 12.8. The normalized spacial score (nSPS) is 14.9. The van der Waals surface area contributed by atoms with Crippen LogP contribution in [0.2, 0.25) is 0 Å². The van der Waals surface area contributed by atoms with Crippen molar-refractivity contribution in [3.05, 3.63) is 30.1 Å². The molecule has 0 saturated carbocycles. The summed E-state index contributed by atoms with van der Waals surface area (Å²) in [4.78, 5) is 4.35. The average Bonchev–Trinajstić information content (AvgIpc) is 2.80. The first kappa shape index (κ1) is 15.0. The van der Waals surface area contributed by atoms with Crippen LogP contribution in [-0.2, 0) is 7.05 Å². The fourth-order valence-corrected chi connectivity index (χ4v) is 2.44. The van der Waals surface area contributed by atoms with E-state index in [9.17, 15) is 5.11 Å². The Hall–Kier alpha value is -1.39. The van der Waals surface area contributed by atoms with E-state index in [1.165, 1.54) is 0 Å². The van der Waals surface area contributed by atoms with Crippen LogP contribution >= 0.6 is 0 Å². The number of nitrogens with zero attached hydrogens (tertiary/aromatic N) is 2. The van der Waals surface area contributed by atoms with Crippen LogP contribution in [-0.4, -0.2) is 27.2 Å². The van der Waals surface area contributed by atoms with Gasteiger partial charge in [-0.15, -0.1) is 0 Å². The highest BCUT2D eigenvalue weighted by Gasteiger charge is 2.19. The smallest absolute Gasteiger partial charge is 0.0955 e. The molecule has 0 radical (unpaired) electrons. The zero-order valence-corrected chi connectivity index (χ0v) is 12.8. The van der Waals surface area contributed by atoms with Crippen molar-refractivity contribution >= 4 is 11.0 Å². The number of imidazole rings is 1. The third-order valence-corrected chi connectivity index (χ3v) is 3.70. The molecule has 2 aromatic rings. The molecule has 110 valence electrons. The Morgan fingerprint density at radius 2 is 2.10 bits per heavy atom. The summed E-state index contributed by atoms with van der Waals surface area (Å²) in [7, 11) is 1.98. The van der Waals surface area contributed by atoms with Gasteiger partial charge in [-0.2, -0.15) is 0 Å². The molecule has 0 aliphatic rings. The number of aliphatic hydroxyl groups is 1. The van der Waals surface area contributed by atoms with Crippen molar-refractivity contribution in [3.63, 3.8) is 0 Å². The lowest BCUT2D eigenvalue weighted by atomic mass is 9.99. The SMILES string of the molecule is CCC(NCC(C)C)C(O)c1ccc2c(c1)ncn2C. The van der Waals surface area contributed by atoms with Crippen LogP contribution in [0.25, 0.3) is 11.0 Å². The lowest BCUT2D eigenvalue weighted by Gasteiger charge is -2.24. The van der Waals surface area contributed by atoms with E-state index in [4.69, 9.17) is 0 Å². The number of aryl methyl sites for hydroxylation is 1. The molecule has 0 bridgehead atoms. The molecule has 2 atom stereocenters. The maximum absolute atomic E-state index is 10.6. The fourth-order valence-electron chi connectivity index (χ4n) is 2.44. The quantitative estimate of drug-likeness (QED) is 0.852. The summed E-state index contributed by atoms with van der Waals surface area (Å²) in [5.74, 6) is 0.578. The van der Waals surface area contributed by atoms with Gasteiger partial charge in [0.15, 0.2) is 0 Å². The van der Waals surface area contributed by atoms with Gasteiger partial charge in [0.1, 0.15) is 0 Å². The van der Waals surface area contributed by atoms with Gasteiger partial charge >= 0.3 is 0 Å². The monoisotopic (exact) mass is 275 g/mol. The van der Waals surface area contributed by atoms with Gasteiger partial charge in [-0.05, 0) is 36.6 Å². The Kier molecular flexibility index (Phi) is 4.78. The van der Waals surface area contributed by atoms with Crippen molar-refractivity contribution in [3.8, 4) is 0 Å². The van der Waals surface area contributed by atoms with Crippen molar-refractivity contribution in [1.82, 2.24) is 14.9 Å². The van der Waals surface area contributed by atoms with E-state index in [1.54, 1.807) is 6.33 Å². The van der Waals surface area contributed by atoms with E-state index in [0.717, 1.165) is 29.6 Å². The first-order chi connectivity index (χ1) is 9.52. The molecule has 0 saturated heterocycles. The molecule has 0 spiro atoms. The molecule has 4 heteroatoms. The standard InChI is InChI=1S/C16H25N3O/c1-5-13(17-9-11(2)3)16(20)12-6-7-15-14(8-12)18-10-19(15)4/h6-8,10-11,13,16-17,20H,5,9H2,1-4H3. The number of hydrogen-bond acceptors (Lipinski definition) is 3. The highest BCUT2D eigenvalue weighted by molar-refractivity contribution is 5.76. The summed E-state index contributed by atoms with van der Waals surface area (Å²) in [5, 5.41) is 14.0. The van der Waals surface area contributed by atoms with Gasteiger partial charge in [0.2, 0.25) is 0 Å². The number of rotatable bonds is 6. The molecule has 2 rings (SSSR count). The second-order valence-corrected chi connectivity index (χ2v) is 5.87. The van der Waals surface area contributed by atoms with Crippen LogP contribution in [0.3, 0.4) is 0 Å². The topological polar surface area (TPSA) is 50.1 Å². The number of fused-ring (bicyclic) bond motifs is 1. The molecule has 1 aromatic heterocycles. The number of benzene rings is 1. The third-order valence-electron chi connectivity index (χ3n) is 3.70. The second kappa shape index (κ2) is 6.37. The van der Waals surface area contributed by atoms with Crippen LogP contribution in [0, 0.1) is 5.92 Å². The zero-order chi connectivity index (χ0) is 14.7. The van der Waals surface area contributed by atoms with Gasteiger partial charge < -0.3 is 15.0 Å². The molecular formula is C16H25N3O. The predicted molar refractivity (Wildman–Crippen MR) is 82.6 cm³/mol. The Balaban J connectivity index is 2.17. The summed E-state index contributed by atoms with van der Waals surface area (Å²) in [6.45, 7) is 7.36. The molecule has 1 aromatic carbocycles. The Labute approximate surface area is 120 Å². The predicted octanol–water partition coefficient (Wildman–Crippen LogP) is 2.63. The van der Waals surface area contributed by atoms with Crippen LogP contribution in [0.15, 0.2) is 24.5 Å². The number of nitrogens with one attached hydrogen (secondary N) is 1. The van der Waals surface area contributed by atoms with Crippen molar-refractivity contribution < 1.29 is 5.11 Å².